The molecule has 124 valence electrons. The van der Waals surface area contributed by atoms with Crippen LogP contribution in [0.25, 0.3) is 17.0 Å². The van der Waals surface area contributed by atoms with E-state index in [9.17, 15) is 9.59 Å². The zero-order chi connectivity index (χ0) is 18.0. The van der Waals surface area contributed by atoms with Crippen molar-refractivity contribution in [2.45, 2.75) is 13.8 Å². The summed E-state index contributed by atoms with van der Waals surface area (Å²) in [4.78, 5) is 24.4. The Morgan fingerprint density at radius 3 is 2.80 bits per heavy atom. The highest BCUT2D eigenvalue weighted by Crippen LogP contribution is 2.25. The maximum atomic E-state index is 12.3. The van der Waals surface area contributed by atoms with Crippen molar-refractivity contribution in [2.24, 2.45) is 0 Å². The van der Waals surface area contributed by atoms with Crippen LogP contribution in [0.1, 0.15) is 22.5 Å². The van der Waals surface area contributed by atoms with Crippen LogP contribution in [-0.4, -0.2) is 5.91 Å². The number of nitrogens with zero attached hydrogens (tertiary/aromatic N) is 1. The van der Waals surface area contributed by atoms with Crippen molar-refractivity contribution >= 4 is 28.8 Å². The molecule has 1 amide bonds. The van der Waals surface area contributed by atoms with Gasteiger partial charge in [0.15, 0.2) is 5.43 Å². The number of nitrogens with one attached hydrogen (secondary N) is 1. The number of amides is 1. The lowest BCUT2D eigenvalue weighted by Gasteiger charge is -1.99. The van der Waals surface area contributed by atoms with Gasteiger partial charge < -0.3 is 8.83 Å². The summed E-state index contributed by atoms with van der Waals surface area (Å²) in [5.74, 6) is 0.140. The minimum Gasteiger partial charge on any atom is -0.463 e. The standard InChI is InChI=1S/C19H14N2O4/c1-11-12(2)25-19(15(11)9-20)21-17(22)8-7-13-10-24-16-6-4-3-5-14(16)18(13)23/h3-8,10H,1-2H3,(H,21,22)/b8-7+. The van der Waals surface area contributed by atoms with Crippen LogP contribution in [0, 0.1) is 25.2 Å². The number of hydrogen-bond donors (Lipinski definition) is 1. The maximum Gasteiger partial charge on any atom is 0.250 e. The van der Waals surface area contributed by atoms with Gasteiger partial charge in [-0.15, -0.1) is 0 Å². The van der Waals surface area contributed by atoms with Gasteiger partial charge in [0.25, 0.3) is 5.91 Å². The fourth-order valence-electron chi connectivity index (χ4n) is 2.38. The van der Waals surface area contributed by atoms with Crippen molar-refractivity contribution in [1.82, 2.24) is 0 Å². The molecule has 0 saturated heterocycles. The number of anilines is 1. The average Bonchev–Trinajstić information content (AvgIpc) is 2.87. The number of benzene rings is 1. The van der Waals surface area contributed by atoms with E-state index in [-0.39, 0.29) is 22.4 Å². The highest BCUT2D eigenvalue weighted by atomic mass is 16.4. The summed E-state index contributed by atoms with van der Waals surface area (Å²) < 4.78 is 10.8. The van der Waals surface area contributed by atoms with E-state index in [0.29, 0.717) is 22.3 Å². The average molecular weight is 334 g/mol. The first-order valence-corrected chi connectivity index (χ1v) is 7.51. The first kappa shape index (κ1) is 16.3. The third-order valence-electron chi connectivity index (χ3n) is 3.85. The van der Waals surface area contributed by atoms with Crippen LogP contribution in [0.4, 0.5) is 5.88 Å². The van der Waals surface area contributed by atoms with Crippen molar-refractivity contribution in [3.8, 4) is 6.07 Å². The molecule has 2 aromatic heterocycles. The van der Waals surface area contributed by atoms with Crippen LogP contribution in [-0.2, 0) is 4.79 Å². The molecule has 1 aromatic carbocycles. The van der Waals surface area contributed by atoms with Gasteiger partial charge in [-0.3, -0.25) is 14.9 Å². The second kappa shape index (κ2) is 6.49. The van der Waals surface area contributed by atoms with Gasteiger partial charge in [0.05, 0.1) is 10.9 Å². The van der Waals surface area contributed by atoms with Crippen LogP contribution in [0.2, 0.25) is 0 Å². The van der Waals surface area contributed by atoms with Crippen molar-refractivity contribution < 1.29 is 13.6 Å². The quantitative estimate of drug-likeness (QED) is 0.739. The van der Waals surface area contributed by atoms with Gasteiger partial charge in [-0.1, -0.05) is 12.1 Å². The van der Waals surface area contributed by atoms with Crippen molar-refractivity contribution in [1.29, 1.82) is 5.26 Å². The maximum absolute atomic E-state index is 12.3. The van der Waals surface area contributed by atoms with Crippen molar-refractivity contribution in [3.63, 3.8) is 0 Å². The Hall–Kier alpha value is -3.59. The third kappa shape index (κ3) is 3.08. The van der Waals surface area contributed by atoms with Crippen LogP contribution in [0.3, 0.4) is 0 Å². The summed E-state index contributed by atoms with van der Waals surface area (Å²) in [6.07, 6.45) is 3.86. The molecule has 3 aromatic rings. The molecule has 0 radical (unpaired) electrons. The monoisotopic (exact) mass is 334 g/mol. The summed E-state index contributed by atoms with van der Waals surface area (Å²) in [5, 5.41) is 12.1. The largest absolute Gasteiger partial charge is 0.463 e. The topological polar surface area (TPSA) is 96.2 Å². The van der Waals surface area contributed by atoms with E-state index < -0.39 is 5.91 Å². The van der Waals surface area contributed by atoms with E-state index in [2.05, 4.69) is 5.32 Å². The molecule has 0 bridgehead atoms. The van der Waals surface area contributed by atoms with Gasteiger partial charge >= 0.3 is 0 Å². The third-order valence-corrected chi connectivity index (χ3v) is 3.85. The van der Waals surface area contributed by atoms with Crippen LogP contribution >= 0.6 is 0 Å². The number of fused-ring (bicyclic) bond motifs is 1. The van der Waals surface area contributed by atoms with E-state index in [1.165, 1.54) is 18.4 Å². The predicted molar refractivity (Wildman–Crippen MR) is 93.0 cm³/mol. The summed E-state index contributed by atoms with van der Waals surface area (Å²) in [6.45, 7) is 3.45. The highest BCUT2D eigenvalue weighted by Gasteiger charge is 2.15. The van der Waals surface area contributed by atoms with Crippen molar-refractivity contribution in [2.75, 3.05) is 5.32 Å². The molecule has 0 fully saturated rings. The summed E-state index contributed by atoms with van der Waals surface area (Å²) in [5.41, 5.74) is 1.46. The minimum atomic E-state index is -0.516. The second-order valence-electron chi connectivity index (χ2n) is 5.44. The van der Waals surface area contributed by atoms with Crippen LogP contribution < -0.4 is 10.7 Å². The molecule has 1 N–H and O–H groups in total. The number of hydrogen-bond acceptors (Lipinski definition) is 5. The number of para-hydroxylation sites is 1. The van der Waals surface area contributed by atoms with Crippen molar-refractivity contribution in [3.05, 3.63) is 69.3 Å². The molecule has 6 nitrogen and oxygen atoms in total. The lowest BCUT2D eigenvalue weighted by Crippen LogP contribution is -2.09. The Bertz CT molecular complexity index is 1100. The lowest BCUT2D eigenvalue weighted by molar-refractivity contribution is -0.111. The first-order valence-electron chi connectivity index (χ1n) is 7.51. The van der Waals surface area contributed by atoms with Gasteiger partial charge in [-0.2, -0.15) is 5.26 Å². The molecule has 0 unspecified atom stereocenters. The molecule has 0 atom stereocenters. The molecule has 0 saturated carbocycles. The highest BCUT2D eigenvalue weighted by molar-refractivity contribution is 6.02. The van der Waals surface area contributed by atoms with E-state index in [0.717, 1.165) is 0 Å². The smallest absolute Gasteiger partial charge is 0.250 e. The molecule has 2 heterocycles. The van der Waals surface area contributed by atoms with Gasteiger partial charge in [0, 0.05) is 11.6 Å². The molecule has 0 aliphatic heterocycles. The Labute approximate surface area is 143 Å². The SMILES string of the molecule is Cc1oc(NC(=O)/C=C/c2coc3ccccc3c2=O)c(C#N)c1C. The molecule has 0 aliphatic rings. The number of aryl methyl sites for hydroxylation is 1. The molecule has 0 aliphatic carbocycles. The molecule has 3 rings (SSSR count). The number of nitriles is 1. The Balaban J connectivity index is 1.84. The zero-order valence-electron chi connectivity index (χ0n) is 13.6. The number of carbonyl (C=O) groups excluding carboxylic acids is 1. The molecular weight excluding hydrogens is 320 g/mol. The van der Waals surface area contributed by atoms with E-state index in [1.807, 2.05) is 6.07 Å². The Kier molecular flexibility index (Phi) is 4.23. The predicted octanol–water partition coefficient (Wildman–Crippen LogP) is 3.53. The Morgan fingerprint density at radius 2 is 2.04 bits per heavy atom. The first-order chi connectivity index (χ1) is 12.0. The summed E-state index contributed by atoms with van der Waals surface area (Å²) in [6, 6.07) is 8.86. The van der Waals surface area contributed by atoms with Crippen LogP contribution in [0.5, 0.6) is 0 Å². The minimum absolute atomic E-state index is 0.0951. The van der Waals surface area contributed by atoms with E-state index in [1.54, 1.807) is 38.1 Å². The van der Waals surface area contributed by atoms with E-state index in [4.69, 9.17) is 14.1 Å². The molecular formula is C19H14N2O4. The van der Waals surface area contributed by atoms with Gasteiger partial charge in [0.1, 0.15) is 29.2 Å². The number of carbonyl (C=O) groups is 1. The van der Waals surface area contributed by atoms with Gasteiger partial charge in [-0.25, -0.2) is 0 Å². The second-order valence-corrected chi connectivity index (χ2v) is 5.44. The molecule has 6 heteroatoms. The molecule has 25 heavy (non-hydrogen) atoms. The lowest BCUT2D eigenvalue weighted by atomic mass is 10.1. The summed E-state index contributed by atoms with van der Waals surface area (Å²) >= 11 is 0. The van der Waals surface area contributed by atoms with Crippen LogP contribution in [0.15, 0.2) is 50.2 Å². The number of furan rings is 1. The number of rotatable bonds is 3. The van der Waals surface area contributed by atoms with Gasteiger partial charge in [-0.05, 0) is 32.1 Å². The zero-order valence-corrected chi connectivity index (χ0v) is 13.6. The molecule has 0 spiro atoms. The van der Waals surface area contributed by atoms with E-state index >= 15 is 0 Å². The summed E-state index contributed by atoms with van der Waals surface area (Å²) in [7, 11) is 0. The Morgan fingerprint density at radius 1 is 1.28 bits per heavy atom. The fraction of sp³-hybridized carbons (Fsp3) is 0.105. The van der Waals surface area contributed by atoms with Gasteiger partial charge in [0.2, 0.25) is 5.88 Å². The fourth-order valence-corrected chi connectivity index (χ4v) is 2.38. The normalized spacial score (nSPS) is 10.9.